The zero-order valence-corrected chi connectivity index (χ0v) is 11.9. The molecule has 0 aromatic carbocycles. The molecule has 106 valence electrons. The van der Waals surface area contributed by atoms with E-state index in [4.69, 9.17) is 4.52 Å². The minimum atomic E-state index is 0. The number of rotatable bonds is 3. The SMILES string of the molecule is C1CC1c1noc(CN2CCC3CNCC3C2)n1.Cl. The fraction of sp³-hybridized carbons (Fsp3) is 0.846. The molecule has 5 nitrogen and oxygen atoms in total. The van der Waals surface area contributed by atoms with Crippen molar-refractivity contribution in [2.24, 2.45) is 11.8 Å². The second-order valence-corrected chi connectivity index (χ2v) is 6.02. The molecule has 3 aliphatic rings. The molecule has 1 saturated carbocycles. The quantitative estimate of drug-likeness (QED) is 0.910. The summed E-state index contributed by atoms with van der Waals surface area (Å²) in [5.74, 6) is 4.05. The van der Waals surface area contributed by atoms with Crippen molar-refractivity contribution in [3.8, 4) is 0 Å². The summed E-state index contributed by atoms with van der Waals surface area (Å²) >= 11 is 0. The van der Waals surface area contributed by atoms with Gasteiger partial charge >= 0.3 is 0 Å². The van der Waals surface area contributed by atoms with Gasteiger partial charge in [0.2, 0.25) is 5.89 Å². The second-order valence-electron chi connectivity index (χ2n) is 6.02. The number of hydrogen-bond donors (Lipinski definition) is 1. The third-order valence-corrected chi connectivity index (χ3v) is 4.57. The molecule has 1 aliphatic carbocycles. The normalized spacial score (nSPS) is 30.9. The summed E-state index contributed by atoms with van der Waals surface area (Å²) in [5.41, 5.74) is 0. The molecule has 19 heavy (non-hydrogen) atoms. The van der Waals surface area contributed by atoms with Crippen LogP contribution in [-0.2, 0) is 6.54 Å². The van der Waals surface area contributed by atoms with Crippen LogP contribution in [0.3, 0.4) is 0 Å². The minimum absolute atomic E-state index is 0. The Bertz CT molecular complexity index is 434. The molecule has 1 aromatic rings. The lowest BCUT2D eigenvalue weighted by atomic mass is 9.89. The summed E-state index contributed by atoms with van der Waals surface area (Å²) in [6.45, 7) is 5.58. The van der Waals surface area contributed by atoms with Crippen molar-refractivity contribution in [3.63, 3.8) is 0 Å². The lowest BCUT2D eigenvalue weighted by Gasteiger charge is -2.33. The minimum Gasteiger partial charge on any atom is -0.338 e. The third-order valence-electron chi connectivity index (χ3n) is 4.57. The molecule has 0 bridgehead atoms. The van der Waals surface area contributed by atoms with Crippen LogP contribution in [-0.4, -0.2) is 41.2 Å². The van der Waals surface area contributed by atoms with Gasteiger partial charge in [0.05, 0.1) is 6.54 Å². The predicted octanol–water partition coefficient (Wildman–Crippen LogP) is 1.41. The summed E-state index contributed by atoms with van der Waals surface area (Å²) in [6, 6.07) is 0. The van der Waals surface area contributed by atoms with Gasteiger partial charge in [0, 0.05) is 12.5 Å². The summed E-state index contributed by atoms with van der Waals surface area (Å²) < 4.78 is 5.36. The molecule has 0 spiro atoms. The van der Waals surface area contributed by atoms with Gasteiger partial charge in [0.15, 0.2) is 5.82 Å². The van der Waals surface area contributed by atoms with Gasteiger partial charge in [-0.2, -0.15) is 4.98 Å². The van der Waals surface area contributed by atoms with Crippen molar-refractivity contribution in [1.29, 1.82) is 0 Å². The Labute approximate surface area is 119 Å². The van der Waals surface area contributed by atoms with Crippen LogP contribution in [0.5, 0.6) is 0 Å². The van der Waals surface area contributed by atoms with E-state index in [2.05, 4.69) is 20.4 Å². The molecule has 2 unspecified atom stereocenters. The molecule has 4 rings (SSSR count). The standard InChI is InChI=1S/C13H20N4O.ClH/c1-2-9(1)13-15-12(18-16-13)8-17-4-3-10-5-14-6-11(10)7-17;/h9-11,14H,1-8H2;1H. The predicted molar refractivity (Wildman–Crippen MR) is 73.3 cm³/mol. The monoisotopic (exact) mass is 284 g/mol. The Kier molecular flexibility index (Phi) is 3.78. The zero-order chi connectivity index (χ0) is 11.9. The number of nitrogens with zero attached hydrogens (tertiary/aromatic N) is 3. The Morgan fingerprint density at radius 2 is 2.05 bits per heavy atom. The van der Waals surface area contributed by atoms with Gasteiger partial charge in [-0.1, -0.05) is 5.16 Å². The first-order chi connectivity index (χ1) is 8.88. The Hall–Kier alpha value is -0.650. The number of fused-ring (bicyclic) bond motifs is 1. The Morgan fingerprint density at radius 3 is 2.89 bits per heavy atom. The maximum absolute atomic E-state index is 5.36. The molecule has 6 heteroatoms. The first-order valence-electron chi connectivity index (χ1n) is 7.14. The molecule has 2 aliphatic heterocycles. The van der Waals surface area contributed by atoms with Crippen molar-refractivity contribution < 1.29 is 4.52 Å². The number of aromatic nitrogens is 2. The topological polar surface area (TPSA) is 54.2 Å². The lowest BCUT2D eigenvalue weighted by Crippen LogP contribution is -2.39. The van der Waals surface area contributed by atoms with E-state index >= 15 is 0 Å². The van der Waals surface area contributed by atoms with Gasteiger partial charge in [0.25, 0.3) is 0 Å². The van der Waals surface area contributed by atoms with Gasteiger partial charge in [0.1, 0.15) is 0 Å². The average Bonchev–Trinajstić information content (AvgIpc) is 2.95. The average molecular weight is 285 g/mol. The van der Waals surface area contributed by atoms with E-state index < -0.39 is 0 Å². The summed E-state index contributed by atoms with van der Waals surface area (Å²) in [6.07, 6.45) is 3.78. The summed E-state index contributed by atoms with van der Waals surface area (Å²) in [5, 5.41) is 7.58. The molecule has 0 radical (unpaired) electrons. The zero-order valence-electron chi connectivity index (χ0n) is 11.0. The maximum atomic E-state index is 5.36. The van der Waals surface area contributed by atoms with Gasteiger partial charge in [-0.15, -0.1) is 12.4 Å². The highest BCUT2D eigenvalue weighted by molar-refractivity contribution is 5.85. The first kappa shape index (κ1) is 13.3. The lowest BCUT2D eigenvalue weighted by molar-refractivity contribution is 0.128. The van der Waals surface area contributed by atoms with E-state index in [1.807, 2.05) is 0 Å². The second kappa shape index (κ2) is 5.38. The van der Waals surface area contributed by atoms with E-state index in [0.717, 1.165) is 30.1 Å². The number of halogens is 1. The highest BCUT2D eigenvalue weighted by Gasteiger charge is 2.33. The number of nitrogens with one attached hydrogen (secondary N) is 1. The van der Waals surface area contributed by atoms with Crippen LogP contribution in [0.25, 0.3) is 0 Å². The van der Waals surface area contributed by atoms with Crippen molar-refractivity contribution in [2.75, 3.05) is 26.2 Å². The van der Waals surface area contributed by atoms with Gasteiger partial charge in [-0.25, -0.2) is 0 Å². The van der Waals surface area contributed by atoms with Crippen LogP contribution in [0, 0.1) is 11.8 Å². The molecular formula is C13H21ClN4O. The summed E-state index contributed by atoms with van der Waals surface area (Å²) in [4.78, 5) is 6.99. The number of piperidine rings is 1. The van der Waals surface area contributed by atoms with E-state index in [1.165, 1.54) is 45.4 Å². The molecule has 1 N–H and O–H groups in total. The van der Waals surface area contributed by atoms with Crippen LogP contribution < -0.4 is 5.32 Å². The molecule has 1 aromatic heterocycles. The molecular weight excluding hydrogens is 264 g/mol. The Morgan fingerprint density at radius 1 is 1.21 bits per heavy atom. The largest absolute Gasteiger partial charge is 0.338 e. The molecule has 2 atom stereocenters. The highest BCUT2D eigenvalue weighted by Crippen LogP contribution is 2.38. The molecule has 0 amide bonds. The van der Waals surface area contributed by atoms with Crippen LogP contribution in [0.15, 0.2) is 4.52 Å². The van der Waals surface area contributed by atoms with Crippen LogP contribution in [0.1, 0.15) is 36.9 Å². The van der Waals surface area contributed by atoms with Gasteiger partial charge < -0.3 is 9.84 Å². The van der Waals surface area contributed by atoms with E-state index in [1.54, 1.807) is 0 Å². The van der Waals surface area contributed by atoms with E-state index in [-0.39, 0.29) is 12.4 Å². The van der Waals surface area contributed by atoms with E-state index in [9.17, 15) is 0 Å². The van der Waals surface area contributed by atoms with Crippen molar-refractivity contribution in [2.45, 2.75) is 31.7 Å². The molecule has 3 heterocycles. The molecule has 2 saturated heterocycles. The van der Waals surface area contributed by atoms with Gasteiger partial charge in [-0.05, 0) is 50.7 Å². The number of likely N-dealkylation sites (tertiary alicyclic amines) is 1. The van der Waals surface area contributed by atoms with Crippen molar-refractivity contribution in [1.82, 2.24) is 20.4 Å². The fourth-order valence-corrected chi connectivity index (χ4v) is 3.28. The fourth-order valence-electron chi connectivity index (χ4n) is 3.28. The van der Waals surface area contributed by atoms with E-state index in [0.29, 0.717) is 5.92 Å². The van der Waals surface area contributed by atoms with Crippen LogP contribution >= 0.6 is 12.4 Å². The van der Waals surface area contributed by atoms with Crippen molar-refractivity contribution >= 4 is 12.4 Å². The van der Waals surface area contributed by atoms with Crippen LogP contribution in [0.4, 0.5) is 0 Å². The van der Waals surface area contributed by atoms with Gasteiger partial charge in [-0.3, -0.25) is 4.90 Å². The summed E-state index contributed by atoms with van der Waals surface area (Å²) in [7, 11) is 0. The molecule has 3 fully saturated rings. The number of hydrogen-bond acceptors (Lipinski definition) is 5. The maximum Gasteiger partial charge on any atom is 0.240 e. The highest BCUT2D eigenvalue weighted by atomic mass is 35.5. The van der Waals surface area contributed by atoms with Crippen LogP contribution in [0.2, 0.25) is 0 Å². The van der Waals surface area contributed by atoms with Crippen molar-refractivity contribution in [3.05, 3.63) is 11.7 Å². The first-order valence-corrected chi connectivity index (χ1v) is 7.14. The third kappa shape index (κ3) is 2.78. The Balaban J connectivity index is 0.00000110. The smallest absolute Gasteiger partial charge is 0.240 e.